The van der Waals surface area contributed by atoms with E-state index < -0.39 is 11.9 Å². The fourth-order valence-corrected chi connectivity index (χ4v) is 2.76. The van der Waals surface area contributed by atoms with Gasteiger partial charge >= 0.3 is 0 Å². The Morgan fingerprint density at radius 3 is 2.76 bits per heavy atom. The van der Waals surface area contributed by atoms with E-state index in [1.807, 2.05) is 0 Å². The minimum Gasteiger partial charge on any atom is -0.494 e. The van der Waals surface area contributed by atoms with E-state index >= 15 is 0 Å². The summed E-state index contributed by atoms with van der Waals surface area (Å²) in [6.07, 6.45) is -0.976. The summed E-state index contributed by atoms with van der Waals surface area (Å²) in [5.74, 6) is 0.769. The van der Waals surface area contributed by atoms with Crippen LogP contribution in [0.25, 0.3) is 0 Å². The lowest BCUT2D eigenvalue weighted by Crippen LogP contribution is -2.01. The largest absolute Gasteiger partial charge is 0.494 e. The molecule has 4 nitrogen and oxygen atoms in total. The van der Waals surface area contributed by atoms with Crippen molar-refractivity contribution >= 4 is 15.9 Å². The summed E-state index contributed by atoms with van der Waals surface area (Å²) in [6.45, 7) is 0.143. The zero-order chi connectivity index (χ0) is 15.0. The molecule has 0 spiro atoms. The fourth-order valence-electron chi connectivity index (χ4n) is 2.19. The number of hydrogen-bond acceptors (Lipinski definition) is 4. The molecule has 110 valence electrons. The van der Waals surface area contributed by atoms with E-state index in [0.29, 0.717) is 27.1 Å². The van der Waals surface area contributed by atoms with E-state index in [2.05, 4.69) is 15.9 Å². The van der Waals surface area contributed by atoms with E-state index in [1.165, 1.54) is 19.2 Å². The lowest BCUT2D eigenvalue weighted by Gasteiger charge is -2.14. The molecule has 1 N–H and O–H groups in total. The minimum atomic E-state index is -0.976. The second-order valence-electron chi connectivity index (χ2n) is 4.53. The molecular weight excluding hydrogens is 343 g/mol. The van der Waals surface area contributed by atoms with Crippen molar-refractivity contribution in [3.63, 3.8) is 0 Å². The topological polar surface area (TPSA) is 47.9 Å². The molecule has 0 fully saturated rings. The molecule has 0 aromatic heterocycles. The molecule has 1 aliphatic rings. The Morgan fingerprint density at radius 1 is 1.24 bits per heavy atom. The van der Waals surface area contributed by atoms with E-state index in [1.54, 1.807) is 18.2 Å². The maximum atomic E-state index is 13.7. The Morgan fingerprint density at radius 2 is 2.05 bits per heavy atom. The van der Waals surface area contributed by atoms with Crippen LogP contribution in [-0.2, 0) is 0 Å². The van der Waals surface area contributed by atoms with Gasteiger partial charge in [0.2, 0.25) is 6.79 Å². The number of rotatable bonds is 3. The average Bonchev–Trinajstić information content (AvgIpc) is 2.95. The van der Waals surface area contributed by atoms with Gasteiger partial charge < -0.3 is 19.3 Å². The molecule has 1 heterocycles. The lowest BCUT2D eigenvalue weighted by atomic mass is 10.0. The number of hydrogen-bond donors (Lipinski definition) is 1. The number of ether oxygens (including phenoxy) is 3. The van der Waals surface area contributed by atoms with Crippen LogP contribution < -0.4 is 14.2 Å². The SMILES string of the molecule is COc1ccc(C(O)c2cc(Br)c3c(c2)OCO3)cc1F. The number of methoxy groups -OCH3 is 1. The predicted molar refractivity (Wildman–Crippen MR) is 77.3 cm³/mol. The highest BCUT2D eigenvalue weighted by molar-refractivity contribution is 9.10. The maximum absolute atomic E-state index is 13.7. The van der Waals surface area contributed by atoms with Gasteiger partial charge in [-0.05, 0) is 51.3 Å². The van der Waals surface area contributed by atoms with Crippen molar-refractivity contribution < 1.29 is 23.7 Å². The van der Waals surface area contributed by atoms with Crippen LogP contribution in [0.1, 0.15) is 17.2 Å². The van der Waals surface area contributed by atoms with E-state index in [9.17, 15) is 9.50 Å². The van der Waals surface area contributed by atoms with Gasteiger partial charge in [-0.15, -0.1) is 0 Å². The first kappa shape index (κ1) is 14.2. The van der Waals surface area contributed by atoms with Crippen LogP contribution in [0.3, 0.4) is 0 Å². The van der Waals surface area contributed by atoms with Gasteiger partial charge in [0.05, 0.1) is 11.6 Å². The Bertz CT molecular complexity index is 690. The normalized spacial score (nSPS) is 14.1. The van der Waals surface area contributed by atoms with Gasteiger partial charge in [-0.25, -0.2) is 4.39 Å². The average molecular weight is 355 g/mol. The molecule has 21 heavy (non-hydrogen) atoms. The molecule has 1 unspecified atom stereocenters. The number of aliphatic hydroxyl groups excluding tert-OH is 1. The predicted octanol–water partition coefficient (Wildman–Crippen LogP) is 3.41. The highest BCUT2D eigenvalue weighted by atomic mass is 79.9. The molecule has 0 saturated carbocycles. The standard InChI is InChI=1S/C15H12BrFO4/c1-19-12-3-2-8(5-11(12)17)14(18)9-4-10(16)15-13(6-9)20-7-21-15/h2-6,14,18H,7H2,1H3. The zero-order valence-corrected chi connectivity index (χ0v) is 12.7. The van der Waals surface area contributed by atoms with Gasteiger partial charge in [-0.3, -0.25) is 0 Å². The zero-order valence-electron chi connectivity index (χ0n) is 11.1. The van der Waals surface area contributed by atoms with E-state index in [-0.39, 0.29) is 12.5 Å². The second-order valence-corrected chi connectivity index (χ2v) is 5.39. The minimum absolute atomic E-state index is 0.137. The third-order valence-electron chi connectivity index (χ3n) is 3.26. The highest BCUT2D eigenvalue weighted by Gasteiger charge is 2.21. The van der Waals surface area contributed by atoms with Crippen LogP contribution in [0.4, 0.5) is 4.39 Å². The summed E-state index contributed by atoms with van der Waals surface area (Å²) >= 11 is 3.37. The maximum Gasteiger partial charge on any atom is 0.231 e. The number of fused-ring (bicyclic) bond motifs is 1. The first-order valence-corrected chi connectivity index (χ1v) is 7.00. The molecule has 3 rings (SSSR count). The summed E-state index contributed by atoms with van der Waals surface area (Å²) in [7, 11) is 1.39. The van der Waals surface area contributed by atoms with Gasteiger partial charge in [0, 0.05) is 0 Å². The highest BCUT2D eigenvalue weighted by Crippen LogP contribution is 2.42. The second kappa shape index (κ2) is 5.54. The summed E-state index contributed by atoms with van der Waals surface area (Å²) in [6, 6.07) is 7.75. The smallest absolute Gasteiger partial charge is 0.231 e. The summed E-state index contributed by atoms with van der Waals surface area (Å²) < 4.78 is 29.9. The van der Waals surface area contributed by atoms with E-state index in [4.69, 9.17) is 14.2 Å². The molecule has 0 bridgehead atoms. The van der Waals surface area contributed by atoms with Crippen molar-refractivity contribution in [1.29, 1.82) is 0 Å². The molecule has 1 atom stereocenters. The van der Waals surface area contributed by atoms with Gasteiger partial charge in [-0.2, -0.15) is 0 Å². The lowest BCUT2D eigenvalue weighted by molar-refractivity contribution is 0.173. The quantitative estimate of drug-likeness (QED) is 0.917. The monoisotopic (exact) mass is 354 g/mol. The molecule has 6 heteroatoms. The van der Waals surface area contributed by atoms with Gasteiger partial charge in [0.25, 0.3) is 0 Å². The Hall–Kier alpha value is -1.79. The van der Waals surface area contributed by atoms with Crippen molar-refractivity contribution in [2.75, 3.05) is 13.9 Å². The van der Waals surface area contributed by atoms with Crippen LogP contribution >= 0.6 is 15.9 Å². The Kier molecular flexibility index (Phi) is 3.73. The van der Waals surface area contributed by atoms with Crippen molar-refractivity contribution in [3.05, 3.63) is 51.7 Å². The fraction of sp³-hybridized carbons (Fsp3) is 0.200. The van der Waals surface area contributed by atoms with Crippen LogP contribution in [-0.4, -0.2) is 19.0 Å². The number of aliphatic hydroxyl groups is 1. The van der Waals surface area contributed by atoms with Crippen LogP contribution in [0, 0.1) is 5.82 Å². The Labute approximate surface area is 129 Å². The van der Waals surface area contributed by atoms with Crippen molar-refractivity contribution in [2.24, 2.45) is 0 Å². The summed E-state index contributed by atoms with van der Waals surface area (Å²) in [5.41, 5.74) is 1.01. The summed E-state index contributed by atoms with van der Waals surface area (Å²) in [4.78, 5) is 0. The van der Waals surface area contributed by atoms with Gasteiger partial charge in [0.15, 0.2) is 23.1 Å². The number of halogens is 2. The van der Waals surface area contributed by atoms with Crippen LogP contribution in [0.15, 0.2) is 34.8 Å². The summed E-state index contributed by atoms with van der Waals surface area (Å²) in [5, 5.41) is 10.4. The number of benzene rings is 2. The molecule has 2 aromatic rings. The van der Waals surface area contributed by atoms with E-state index in [0.717, 1.165) is 0 Å². The van der Waals surface area contributed by atoms with Crippen molar-refractivity contribution in [2.45, 2.75) is 6.10 Å². The molecule has 2 aromatic carbocycles. The van der Waals surface area contributed by atoms with Gasteiger partial charge in [-0.1, -0.05) is 6.07 Å². The van der Waals surface area contributed by atoms with Crippen LogP contribution in [0.2, 0.25) is 0 Å². The third kappa shape index (κ3) is 2.56. The molecule has 1 aliphatic heterocycles. The molecule has 0 saturated heterocycles. The molecular formula is C15H12BrFO4. The Balaban J connectivity index is 1.97. The first-order chi connectivity index (χ1) is 10.1. The van der Waals surface area contributed by atoms with Crippen molar-refractivity contribution in [1.82, 2.24) is 0 Å². The molecule has 0 aliphatic carbocycles. The molecule has 0 amide bonds. The van der Waals surface area contributed by atoms with Crippen LogP contribution in [0.5, 0.6) is 17.2 Å². The van der Waals surface area contributed by atoms with Crippen molar-refractivity contribution in [3.8, 4) is 17.2 Å². The first-order valence-electron chi connectivity index (χ1n) is 6.20. The molecule has 0 radical (unpaired) electrons. The van der Waals surface area contributed by atoms with Gasteiger partial charge in [0.1, 0.15) is 6.10 Å². The third-order valence-corrected chi connectivity index (χ3v) is 3.85.